The Balaban J connectivity index is 2.11. The number of nitrogens with two attached hydrogens (primary N) is 1. The summed E-state index contributed by atoms with van der Waals surface area (Å²) >= 11 is 0. The topological polar surface area (TPSA) is 51.4 Å². The van der Waals surface area contributed by atoms with E-state index in [2.05, 4.69) is 9.88 Å². The molecule has 4 heteroatoms. The zero-order valence-corrected chi connectivity index (χ0v) is 9.99. The average Bonchev–Trinajstić information content (AvgIpc) is 2.31. The maximum Gasteiger partial charge on any atom is 0.0594 e. The van der Waals surface area contributed by atoms with Crippen molar-refractivity contribution in [2.45, 2.75) is 20.4 Å². The van der Waals surface area contributed by atoms with Crippen molar-refractivity contribution in [1.29, 1.82) is 0 Å². The Labute approximate surface area is 96.4 Å². The minimum Gasteiger partial charge on any atom is -0.398 e. The number of anilines is 1. The Hall–Kier alpha value is -1.13. The van der Waals surface area contributed by atoms with E-state index < -0.39 is 0 Å². The van der Waals surface area contributed by atoms with Crippen LogP contribution in [0.1, 0.15) is 16.8 Å². The highest BCUT2D eigenvalue weighted by Crippen LogP contribution is 2.19. The monoisotopic (exact) mass is 221 g/mol. The zero-order chi connectivity index (χ0) is 11.5. The van der Waals surface area contributed by atoms with Gasteiger partial charge in [-0.05, 0) is 25.0 Å². The van der Waals surface area contributed by atoms with Gasteiger partial charge in [0.25, 0.3) is 0 Å². The van der Waals surface area contributed by atoms with Crippen molar-refractivity contribution in [2.75, 3.05) is 32.0 Å². The summed E-state index contributed by atoms with van der Waals surface area (Å²) in [7, 11) is 0. The summed E-state index contributed by atoms with van der Waals surface area (Å²) in [5.41, 5.74) is 10.1. The molecule has 0 saturated carbocycles. The zero-order valence-electron chi connectivity index (χ0n) is 9.99. The molecule has 16 heavy (non-hydrogen) atoms. The van der Waals surface area contributed by atoms with E-state index in [0.717, 1.165) is 55.4 Å². The van der Waals surface area contributed by atoms with Crippen LogP contribution in [-0.2, 0) is 11.3 Å². The van der Waals surface area contributed by atoms with E-state index in [1.54, 1.807) is 0 Å². The van der Waals surface area contributed by atoms with Gasteiger partial charge < -0.3 is 10.5 Å². The predicted octanol–water partition coefficient (Wildman–Crippen LogP) is 1.11. The van der Waals surface area contributed by atoms with Gasteiger partial charge in [-0.3, -0.25) is 9.88 Å². The molecule has 1 aromatic rings. The Bertz CT molecular complexity index is 373. The van der Waals surface area contributed by atoms with Crippen LogP contribution in [0.4, 0.5) is 5.69 Å². The van der Waals surface area contributed by atoms with E-state index in [-0.39, 0.29) is 0 Å². The van der Waals surface area contributed by atoms with E-state index >= 15 is 0 Å². The number of nitrogens with zero attached hydrogens (tertiary/aromatic N) is 2. The van der Waals surface area contributed by atoms with E-state index in [9.17, 15) is 0 Å². The number of pyridine rings is 1. The number of rotatable bonds is 2. The Morgan fingerprint density at radius 2 is 2.06 bits per heavy atom. The highest BCUT2D eigenvalue weighted by molar-refractivity contribution is 5.53. The fourth-order valence-corrected chi connectivity index (χ4v) is 1.92. The van der Waals surface area contributed by atoms with Crippen LogP contribution < -0.4 is 5.73 Å². The highest BCUT2D eigenvalue weighted by Gasteiger charge is 2.14. The van der Waals surface area contributed by atoms with Crippen LogP contribution in [0.25, 0.3) is 0 Å². The molecule has 2 N–H and O–H groups in total. The first-order valence-corrected chi connectivity index (χ1v) is 5.69. The first-order chi connectivity index (χ1) is 7.68. The number of aryl methyl sites for hydroxylation is 1. The molecule has 0 unspecified atom stereocenters. The third kappa shape index (κ3) is 2.33. The molecule has 88 valence electrons. The third-order valence-electron chi connectivity index (χ3n) is 3.15. The number of hydrogen-bond acceptors (Lipinski definition) is 4. The lowest BCUT2D eigenvalue weighted by molar-refractivity contribution is 0.0336. The van der Waals surface area contributed by atoms with Gasteiger partial charge in [-0.1, -0.05) is 0 Å². The number of morpholine rings is 1. The van der Waals surface area contributed by atoms with Gasteiger partial charge in [0.05, 0.1) is 18.9 Å². The Morgan fingerprint density at radius 1 is 1.38 bits per heavy atom. The standard InChI is InChI=1S/C12H19N3O/c1-9-7-14-11(10(2)12(9)13)8-15-3-5-16-6-4-15/h7H,3-6,8H2,1-2H3,(H2,13,14). The SMILES string of the molecule is Cc1cnc(CN2CCOCC2)c(C)c1N. The molecular weight excluding hydrogens is 202 g/mol. The van der Waals surface area contributed by atoms with Crippen molar-refractivity contribution in [3.8, 4) is 0 Å². The lowest BCUT2D eigenvalue weighted by Crippen LogP contribution is -2.36. The predicted molar refractivity (Wildman–Crippen MR) is 64.2 cm³/mol. The number of aromatic nitrogens is 1. The maximum atomic E-state index is 6.00. The molecule has 2 heterocycles. The van der Waals surface area contributed by atoms with Gasteiger partial charge in [-0.15, -0.1) is 0 Å². The van der Waals surface area contributed by atoms with Gasteiger partial charge in [0.2, 0.25) is 0 Å². The normalized spacial score (nSPS) is 17.6. The molecule has 1 fully saturated rings. The number of hydrogen-bond donors (Lipinski definition) is 1. The summed E-state index contributed by atoms with van der Waals surface area (Å²) in [6, 6.07) is 0. The van der Waals surface area contributed by atoms with E-state index in [4.69, 9.17) is 10.5 Å². The first-order valence-electron chi connectivity index (χ1n) is 5.69. The maximum absolute atomic E-state index is 6.00. The van der Waals surface area contributed by atoms with Gasteiger partial charge >= 0.3 is 0 Å². The highest BCUT2D eigenvalue weighted by atomic mass is 16.5. The fourth-order valence-electron chi connectivity index (χ4n) is 1.92. The molecule has 2 rings (SSSR count). The molecule has 0 aromatic carbocycles. The minimum absolute atomic E-state index is 0.820. The number of nitrogen functional groups attached to an aromatic ring is 1. The summed E-state index contributed by atoms with van der Waals surface area (Å²) in [4.78, 5) is 6.83. The largest absolute Gasteiger partial charge is 0.398 e. The van der Waals surface area contributed by atoms with Crippen LogP contribution in [-0.4, -0.2) is 36.2 Å². The smallest absolute Gasteiger partial charge is 0.0594 e. The Kier molecular flexibility index (Phi) is 3.41. The van der Waals surface area contributed by atoms with Crippen LogP contribution in [0.5, 0.6) is 0 Å². The van der Waals surface area contributed by atoms with Crippen molar-refractivity contribution in [2.24, 2.45) is 0 Å². The van der Waals surface area contributed by atoms with E-state index in [1.807, 2.05) is 20.0 Å². The lowest BCUT2D eigenvalue weighted by Gasteiger charge is -2.26. The van der Waals surface area contributed by atoms with Gasteiger partial charge in [-0.25, -0.2) is 0 Å². The van der Waals surface area contributed by atoms with Gasteiger partial charge in [-0.2, -0.15) is 0 Å². The molecular formula is C12H19N3O. The second kappa shape index (κ2) is 4.80. The molecule has 0 spiro atoms. The van der Waals surface area contributed by atoms with Crippen molar-refractivity contribution < 1.29 is 4.74 Å². The molecule has 0 aliphatic carbocycles. The summed E-state index contributed by atoms with van der Waals surface area (Å²) in [5, 5.41) is 0. The molecule has 1 aliphatic rings. The van der Waals surface area contributed by atoms with Crippen molar-refractivity contribution >= 4 is 5.69 Å². The van der Waals surface area contributed by atoms with Crippen LogP contribution in [0, 0.1) is 13.8 Å². The molecule has 1 saturated heterocycles. The van der Waals surface area contributed by atoms with Crippen LogP contribution in [0.2, 0.25) is 0 Å². The Morgan fingerprint density at radius 3 is 2.75 bits per heavy atom. The average molecular weight is 221 g/mol. The summed E-state index contributed by atoms with van der Waals surface area (Å²) < 4.78 is 5.32. The lowest BCUT2D eigenvalue weighted by atomic mass is 10.1. The molecule has 1 aliphatic heterocycles. The van der Waals surface area contributed by atoms with E-state index in [1.165, 1.54) is 0 Å². The summed E-state index contributed by atoms with van der Waals surface area (Å²) in [6.45, 7) is 8.52. The van der Waals surface area contributed by atoms with Crippen LogP contribution in [0.3, 0.4) is 0 Å². The first kappa shape index (κ1) is 11.4. The van der Waals surface area contributed by atoms with Gasteiger partial charge in [0.1, 0.15) is 0 Å². The minimum atomic E-state index is 0.820. The molecule has 0 atom stereocenters. The van der Waals surface area contributed by atoms with Crippen LogP contribution in [0.15, 0.2) is 6.20 Å². The van der Waals surface area contributed by atoms with Crippen molar-refractivity contribution in [1.82, 2.24) is 9.88 Å². The van der Waals surface area contributed by atoms with Crippen LogP contribution >= 0.6 is 0 Å². The summed E-state index contributed by atoms with van der Waals surface area (Å²) in [6.07, 6.45) is 1.86. The second-order valence-electron chi connectivity index (χ2n) is 4.32. The van der Waals surface area contributed by atoms with E-state index in [0.29, 0.717) is 0 Å². The summed E-state index contributed by atoms with van der Waals surface area (Å²) in [5.74, 6) is 0. The van der Waals surface area contributed by atoms with Gasteiger partial charge in [0, 0.05) is 31.5 Å². The quantitative estimate of drug-likeness (QED) is 0.813. The fraction of sp³-hybridized carbons (Fsp3) is 0.583. The third-order valence-corrected chi connectivity index (χ3v) is 3.15. The number of ether oxygens (including phenoxy) is 1. The molecule has 0 bridgehead atoms. The van der Waals surface area contributed by atoms with Gasteiger partial charge in [0.15, 0.2) is 0 Å². The van der Waals surface area contributed by atoms with Crippen molar-refractivity contribution in [3.63, 3.8) is 0 Å². The van der Waals surface area contributed by atoms with Crippen molar-refractivity contribution in [3.05, 3.63) is 23.0 Å². The molecule has 0 radical (unpaired) electrons. The molecule has 0 amide bonds. The molecule has 1 aromatic heterocycles. The molecule has 4 nitrogen and oxygen atoms in total. The second-order valence-corrected chi connectivity index (χ2v) is 4.32.